The first-order valence-electron chi connectivity index (χ1n) is 11.2. The molecular formula is C25H30BrClIN3O4. The van der Waals surface area contributed by atoms with Gasteiger partial charge in [-0.15, -0.1) is 16.7 Å². The van der Waals surface area contributed by atoms with Gasteiger partial charge >= 0.3 is 0 Å². The number of hydrogen-bond acceptors (Lipinski definition) is 6. The second-order valence-electron chi connectivity index (χ2n) is 9.00. The molecule has 3 rings (SSSR count). The molecule has 0 aliphatic rings. The van der Waals surface area contributed by atoms with Gasteiger partial charge in [0, 0.05) is 17.2 Å². The summed E-state index contributed by atoms with van der Waals surface area (Å²) >= 11 is 11.6. The Hall–Kier alpha value is -1.40. The summed E-state index contributed by atoms with van der Waals surface area (Å²) in [6.07, 6.45) is -0.765. The molecule has 7 nitrogen and oxygen atoms in total. The van der Waals surface area contributed by atoms with E-state index >= 15 is 0 Å². The number of hydrogen-bond donors (Lipinski definition) is 2. The van der Waals surface area contributed by atoms with Crippen LogP contribution in [0.3, 0.4) is 0 Å². The maximum atomic E-state index is 10.3. The van der Waals surface area contributed by atoms with Crippen LogP contribution in [0.15, 0.2) is 46.9 Å². The molecule has 35 heavy (non-hydrogen) atoms. The second kappa shape index (κ2) is 12.7. The van der Waals surface area contributed by atoms with Crippen LogP contribution in [0.4, 0.5) is 0 Å². The molecule has 2 atom stereocenters. The standard InChI is InChI=1S/C25H30BrClIN3O4/c1-16(11-27)14-35-23-9-6-18(10-21(23)26)25(2,3)17-4-7-20(8-5-17)34-15-19(33)12-31-24(28)22(13-32)29-30-31/h4-10,16,19,32-33H,11-15H2,1-3H3/i28-4. The van der Waals surface area contributed by atoms with Crippen LogP contribution < -0.4 is 9.47 Å². The average Bonchev–Trinajstić information content (AvgIpc) is 3.20. The van der Waals surface area contributed by atoms with Crippen molar-refractivity contribution in [1.82, 2.24) is 15.0 Å². The van der Waals surface area contributed by atoms with Crippen LogP contribution in [0.25, 0.3) is 0 Å². The molecule has 0 aliphatic heterocycles. The first-order valence-corrected chi connectivity index (χ1v) is 13.6. The van der Waals surface area contributed by atoms with Gasteiger partial charge in [-0.05, 0) is 73.9 Å². The molecule has 0 amide bonds. The maximum Gasteiger partial charge on any atom is 0.133 e. The van der Waals surface area contributed by atoms with Crippen molar-refractivity contribution < 1.29 is 19.7 Å². The number of alkyl halides is 1. The number of aliphatic hydroxyl groups excluding tert-OH is 2. The molecule has 190 valence electrons. The lowest BCUT2D eigenvalue weighted by atomic mass is 9.78. The van der Waals surface area contributed by atoms with Crippen LogP contribution in [0, 0.1) is 9.62 Å². The Morgan fingerprint density at radius 1 is 1.11 bits per heavy atom. The number of rotatable bonds is 12. The second-order valence-corrected chi connectivity index (χ2v) is 11.2. The van der Waals surface area contributed by atoms with E-state index in [1.807, 2.05) is 52.9 Å². The fourth-order valence-electron chi connectivity index (χ4n) is 3.41. The zero-order valence-corrected chi connectivity index (χ0v) is 24.4. The lowest BCUT2D eigenvalue weighted by molar-refractivity contribution is 0.0881. The van der Waals surface area contributed by atoms with E-state index in [4.69, 9.17) is 21.1 Å². The molecule has 1 aromatic heterocycles. The van der Waals surface area contributed by atoms with Gasteiger partial charge in [0.2, 0.25) is 0 Å². The zero-order chi connectivity index (χ0) is 25.6. The largest absolute Gasteiger partial charge is 0.492 e. The van der Waals surface area contributed by atoms with Gasteiger partial charge in [-0.1, -0.05) is 44.2 Å². The molecule has 0 saturated heterocycles. The lowest BCUT2D eigenvalue weighted by Gasteiger charge is -2.27. The predicted octanol–water partition coefficient (Wildman–Crippen LogP) is 5.16. The highest BCUT2D eigenvalue weighted by Gasteiger charge is 2.24. The van der Waals surface area contributed by atoms with Crippen molar-refractivity contribution in [2.45, 2.75) is 45.4 Å². The van der Waals surface area contributed by atoms with Crippen molar-refractivity contribution >= 4 is 50.1 Å². The van der Waals surface area contributed by atoms with Gasteiger partial charge in [-0.3, -0.25) is 0 Å². The topological polar surface area (TPSA) is 89.6 Å². The Bertz CT molecular complexity index is 1110. The van der Waals surface area contributed by atoms with E-state index in [9.17, 15) is 10.2 Å². The van der Waals surface area contributed by atoms with Gasteiger partial charge in [-0.25, -0.2) is 4.68 Å². The predicted molar refractivity (Wildman–Crippen MR) is 148 cm³/mol. The van der Waals surface area contributed by atoms with Crippen LogP contribution in [0.5, 0.6) is 11.5 Å². The Balaban J connectivity index is 1.60. The molecule has 0 fully saturated rings. The van der Waals surface area contributed by atoms with Crippen molar-refractivity contribution in [2.24, 2.45) is 5.92 Å². The van der Waals surface area contributed by atoms with E-state index in [1.165, 1.54) is 0 Å². The number of ether oxygens (including phenoxy) is 2. The fraction of sp³-hybridized carbons (Fsp3) is 0.440. The number of nitrogens with zero attached hydrogens (tertiary/aromatic N) is 3. The molecular weight excluding hydrogens is 645 g/mol. The Morgan fingerprint density at radius 2 is 1.80 bits per heavy atom. The summed E-state index contributed by atoms with van der Waals surface area (Å²) in [7, 11) is 0. The van der Waals surface area contributed by atoms with Crippen molar-refractivity contribution in [3.05, 3.63) is 67.5 Å². The summed E-state index contributed by atoms with van der Waals surface area (Å²) in [6, 6.07) is 14.1. The molecule has 10 heteroatoms. The van der Waals surface area contributed by atoms with Gasteiger partial charge in [0.05, 0.1) is 24.2 Å². The third-order valence-electron chi connectivity index (χ3n) is 5.73. The average molecular weight is 675 g/mol. The summed E-state index contributed by atoms with van der Waals surface area (Å²) in [5.74, 6) is 2.32. The van der Waals surface area contributed by atoms with Crippen molar-refractivity contribution in [3.8, 4) is 11.5 Å². The third-order valence-corrected chi connectivity index (χ3v) is 8.06. The SMILES string of the molecule is CC(CCl)COc1ccc(C(C)(C)c2ccc(OCC(O)Cn3nnc(CO)c3[123I])cc2)cc1Br. The van der Waals surface area contributed by atoms with E-state index in [1.54, 1.807) is 4.68 Å². The van der Waals surface area contributed by atoms with Gasteiger partial charge < -0.3 is 19.7 Å². The number of benzene rings is 2. The quantitative estimate of drug-likeness (QED) is 0.204. The first-order chi connectivity index (χ1) is 16.6. The molecule has 0 bridgehead atoms. The molecule has 2 N–H and O–H groups in total. The van der Waals surface area contributed by atoms with Crippen molar-refractivity contribution in [3.63, 3.8) is 0 Å². The van der Waals surface area contributed by atoms with Crippen molar-refractivity contribution in [2.75, 3.05) is 19.1 Å². The van der Waals surface area contributed by atoms with Crippen LogP contribution in [0.1, 0.15) is 37.6 Å². The Labute approximate surface area is 233 Å². The molecule has 0 saturated carbocycles. The Kier molecular flexibility index (Phi) is 10.2. The summed E-state index contributed by atoms with van der Waals surface area (Å²) in [4.78, 5) is 0. The fourth-order valence-corrected chi connectivity index (χ4v) is 4.57. The molecule has 0 radical (unpaired) electrons. The van der Waals surface area contributed by atoms with E-state index in [0.717, 1.165) is 21.3 Å². The Morgan fingerprint density at radius 3 is 2.40 bits per heavy atom. The maximum absolute atomic E-state index is 10.3. The zero-order valence-electron chi connectivity index (χ0n) is 19.9. The number of aliphatic hydroxyl groups is 2. The summed E-state index contributed by atoms with van der Waals surface area (Å²) in [5, 5.41) is 27.4. The molecule has 2 aromatic carbocycles. The highest BCUT2D eigenvalue weighted by atomic mass is 123. The number of halogens is 3. The minimum Gasteiger partial charge on any atom is -0.492 e. The smallest absolute Gasteiger partial charge is 0.133 e. The monoisotopic (exact) mass is 673 g/mol. The summed E-state index contributed by atoms with van der Waals surface area (Å²) in [6.45, 7) is 7.13. The van der Waals surface area contributed by atoms with E-state index in [0.29, 0.717) is 27.6 Å². The number of aromatic nitrogens is 3. The summed E-state index contributed by atoms with van der Waals surface area (Å²) < 4.78 is 14.8. The van der Waals surface area contributed by atoms with Gasteiger partial charge in [0.25, 0.3) is 0 Å². The minimum atomic E-state index is -0.765. The first kappa shape index (κ1) is 28.2. The highest BCUT2D eigenvalue weighted by Crippen LogP contribution is 2.36. The van der Waals surface area contributed by atoms with E-state index < -0.39 is 6.10 Å². The molecule has 3 aromatic rings. The van der Waals surface area contributed by atoms with Crippen LogP contribution >= 0.6 is 50.1 Å². The van der Waals surface area contributed by atoms with E-state index in [2.05, 4.69) is 59.1 Å². The highest BCUT2D eigenvalue weighted by molar-refractivity contribution is 14.1. The van der Waals surface area contributed by atoms with Crippen LogP contribution in [-0.2, 0) is 18.6 Å². The summed E-state index contributed by atoms with van der Waals surface area (Å²) in [5.41, 5.74) is 2.54. The van der Waals surface area contributed by atoms with Crippen molar-refractivity contribution in [1.29, 1.82) is 0 Å². The van der Waals surface area contributed by atoms with E-state index in [-0.39, 0.29) is 31.1 Å². The van der Waals surface area contributed by atoms with Crippen LogP contribution in [-0.4, -0.2) is 50.4 Å². The lowest BCUT2D eigenvalue weighted by Crippen LogP contribution is -2.25. The molecule has 0 aliphatic carbocycles. The normalized spacial score (nSPS) is 13.5. The van der Waals surface area contributed by atoms with Gasteiger partial charge in [0.15, 0.2) is 0 Å². The van der Waals surface area contributed by atoms with Gasteiger partial charge in [-0.2, -0.15) is 0 Å². The third kappa shape index (κ3) is 7.31. The molecule has 0 spiro atoms. The molecule has 2 unspecified atom stereocenters. The minimum absolute atomic E-state index is 0.115. The van der Waals surface area contributed by atoms with Gasteiger partial charge in [0.1, 0.15) is 33.6 Å². The van der Waals surface area contributed by atoms with Crippen LogP contribution in [0.2, 0.25) is 0 Å². The molecule has 1 heterocycles.